The molecule has 1 amide bonds. The molecule has 29 heavy (non-hydrogen) atoms. The molecule has 0 aromatic carbocycles. The van der Waals surface area contributed by atoms with Gasteiger partial charge in [0.2, 0.25) is 5.88 Å². The predicted molar refractivity (Wildman–Crippen MR) is 111 cm³/mol. The van der Waals surface area contributed by atoms with Crippen molar-refractivity contribution in [2.75, 3.05) is 6.61 Å². The summed E-state index contributed by atoms with van der Waals surface area (Å²) in [7, 11) is 0. The molecule has 0 fully saturated rings. The molecule has 9 heteroatoms. The van der Waals surface area contributed by atoms with E-state index in [9.17, 15) is 9.18 Å². The fourth-order valence-electron chi connectivity index (χ4n) is 3.17. The predicted octanol–water partition coefficient (Wildman–Crippen LogP) is 2.70. The molecule has 1 aromatic rings. The number of allylic oxidation sites excluding steroid dienone is 4. The number of aliphatic imine (C=N–C) groups is 1. The third kappa shape index (κ3) is 4.84. The first-order chi connectivity index (χ1) is 13.8. The highest BCUT2D eigenvalue weighted by Crippen LogP contribution is 2.41. The van der Waals surface area contributed by atoms with E-state index in [-0.39, 0.29) is 30.4 Å². The molecule has 0 spiro atoms. The average molecular weight is 413 g/mol. The highest BCUT2D eigenvalue weighted by molar-refractivity contribution is 8.17. The summed E-state index contributed by atoms with van der Waals surface area (Å²) in [6, 6.07) is 0. The minimum Gasteiger partial charge on any atom is -0.463 e. The number of carbonyl (C=O) groups excluding carboxylic acids is 1. The van der Waals surface area contributed by atoms with Crippen molar-refractivity contribution in [3.8, 4) is 18.2 Å². The molecule has 1 aliphatic heterocycles. The molecular formula is C20H20FN5O2S. The van der Waals surface area contributed by atoms with Gasteiger partial charge in [0.05, 0.1) is 17.9 Å². The molecule has 2 aliphatic rings. The van der Waals surface area contributed by atoms with Crippen molar-refractivity contribution >= 4 is 22.8 Å². The van der Waals surface area contributed by atoms with Gasteiger partial charge in [0.15, 0.2) is 11.8 Å². The van der Waals surface area contributed by atoms with Gasteiger partial charge in [0, 0.05) is 11.6 Å². The molecule has 0 bridgehead atoms. The summed E-state index contributed by atoms with van der Waals surface area (Å²) in [4.78, 5) is 25.9. The number of terminal acetylenes is 1. The summed E-state index contributed by atoms with van der Waals surface area (Å²) >= 11 is 1.35. The number of hydrogen-bond acceptors (Lipinski definition) is 7. The van der Waals surface area contributed by atoms with E-state index in [0.29, 0.717) is 10.9 Å². The van der Waals surface area contributed by atoms with Gasteiger partial charge in [-0.25, -0.2) is 14.4 Å². The summed E-state index contributed by atoms with van der Waals surface area (Å²) in [6.45, 7) is 3.79. The van der Waals surface area contributed by atoms with Crippen LogP contribution in [0.25, 0.3) is 0 Å². The Bertz CT molecular complexity index is 958. The van der Waals surface area contributed by atoms with Crippen LogP contribution < -0.4 is 15.8 Å². The minimum atomic E-state index is -0.833. The van der Waals surface area contributed by atoms with E-state index in [4.69, 9.17) is 16.9 Å². The van der Waals surface area contributed by atoms with Gasteiger partial charge in [-0.3, -0.25) is 9.79 Å². The molecule has 3 rings (SSSR count). The lowest BCUT2D eigenvalue weighted by Crippen LogP contribution is -2.38. The van der Waals surface area contributed by atoms with Gasteiger partial charge in [0.1, 0.15) is 11.5 Å². The Morgan fingerprint density at radius 3 is 2.93 bits per heavy atom. The van der Waals surface area contributed by atoms with Gasteiger partial charge in [-0.2, -0.15) is 0 Å². The van der Waals surface area contributed by atoms with Crippen molar-refractivity contribution in [2.24, 2.45) is 16.6 Å². The van der Waals surface area contributed by atoms with Crippen molar-refractivity contribution in [1.29, 1.82) is 0 Å². The van der Waals surface area contributed by atoms with Crippen LogP contribution in [0.15, 0.2) is 52.0 Å². The maximum absolute atomic E-state index is 14.6. The first-order valence-corrected chi connectivity index (χ1v) is 9.61. The van der Waals surface area contributed by atoms with Crippen molar-refractivity contribution < 1.29 is 13.9 Å². The minimum absolute atomic E-state index is 0.0601. The molecule has 3 N–H and O–H groups in total. The van der Waals surface area contributed by atoms with Gasteiger partial charge in [-0.15, -0.1) is 6.42 Å². The van der Waals surface area contributed by atoms with Gasteiger partial charge in [0.25, 0.3) is 5.91 Å². The van der Waals surface area contributed by atoms with Crippen molar-refractivity contribution in [3.05, 3.63) is 52.7 Å². The lowest BCUT2D eigenvalue weighted by molar-refractivity contribution is 0.0957. The summed E-state index contributed by atoms with van der Waals surface area (Å²) in [5.74, 6) is 1.19. The zero-order chi connectivity index (χ0) is 21.0. The number of rotatable bonds is 5. The average Bonchev–Trinajstić information content (AvgIpc) is 2.67. The number of nitrogens with zero attached hydrogens (tertiary/aromatic N) is 3. The first-order valence-electron chi connectivity index (χ1n) is 8.79. The largest absolute Gasteiger partial charge is 0.463 e. The van der Waals surface area contributed by atoms with Gasteiger partial charge in [-0.1, -0.05) is 17.7 Å². The van der Waals surface area contributed by atoms with Crippen LogP contribution >= 0.6 is 11.8 Å². The normalized spacial score (nSPS) is 23.7. The summed E-state index contributed by atoms with van der Waals surface area (Å²) in [6.07, 6.45) is 12.7. The molecule has 1 unspecified atom stereocenters. The number of amidine groups is 1. The molecule has 1 aliphatic carbocycles. The lowest BCUT2D eigenvalue weighted by atomic mass is 9.79. The third-order valence-electron chi connectivity index (χ3n) is 4.46. The zero-order valence-electron chi connectivity index (χ0n) is 16.0. The maximum Gasteiger partial charge on any atom is 0.275 e. The number of aromatic nitrogens is 2. The Labute approximate surface area is 172 Å². The van der Waals surface area contributed by atoms with Crippen LogP contribution in [0.4, 0.5) is 4.39 Å². The molecule has 0 saturated heterocycles. The SMILES string of the molecule is C#CCOc1cnc(C(=O)NC2=CC=C(F)C([C@]3(C)C=C(C)SC(N)=N3)C2)cn1. The van der Waals surface area contributed by atoms with E-state index < -0.39 is 17.4 Å². The van der Waals surface area contributed by atoms with Crippen LogP contribution in [0.3, 0.4) is 0 Å². The zero-order valence-corrected chi connectivity index (χ0v) is 16.8. The fourth-order valence-corrected chi connectivity index (χ4v) is 4.04. The second-order valence-electron chi connectivity index (χ2n) is 6.72. The number of nitrogens with one attached hydrogen (secondary N) is 1. The Kier molecular flexibility index (Phi) is 6.03. The van der Waals surface area contributed by atoms with E-state index in [2.05, 4.69) is 26.2 Å². The van der Waals surface area contributed by atoms with Crippen LogP contribution in [0.2, 0.25) is 0 Å². The van der Waals surface area contributed by atoms with Crippen LogP contribution in [0.5, 0.6) is 5.88 Å². The molecule has 2 heterocycles. The van der Waals surface area contributed by atoms with Crippen LogP contribution in [0, 0.1) is 18.3 Å². The highest BCUT2D eigenvalue weighted by atomic mass is 32.2. The monoisotopic (exact) mass is 413 g/mol. The second-order valence-corrected chi connectivity index (χ2v) is 7.99. The molecule has 0 saturated carbocycles. The molecule has 150 valence electrons. The Balaban J connectivity index is 1.72. The fraction of sp³-hybridized carbons (Fsp3) is 0.300. The number of ether oxygens (including phenoxy) is 1. The highest BCUT2D eigenvalue weighted by Gasteiger charge is 2.39. The van der Waals surface area contributed by atoms with E-state index in [0.717, 1.165) is 4.91 Å². The maximum atomic E-state index is 14.6. The quantitative estimate of drug-likeness (QED) is 0.720. The van der Waals surface area contributed by atoms with E-state index >= 15 is 0 Å². The van der Waals surface area contributed by atoms with Crippen molar-refractivity contribution in [1.82, 2.24) is 15.3 Å². The number of nitrogens with two attached hydrogens (primary N) is 1. The molecule has 0 radical (unpaired) electrons. The number of halogens is 1. The number of hydrogen-bond donors (Lipinski definition) is 2. The van der Waals surface area contributed by atoms with E-state index in [1.807, 2.05) is 19.9 Å². The molecule has 2 atom stereocenters. The Hall–Kier alpha value is -3.12. The van der Waals surface area contributed by atoms with Crippen molar-refractivity contribution in [3.63, 3.8) is 0 Å². The van der Waals surface area contributed by atoms with Crippen LogP contribution in [-0.2, 0) is 0 Å². The summed E-state index contributed by atoms with van der Waals surface area (Å²) in [5, 5.41) is 3.15. The number of carbonyl (C=O) groups is 1. The summed E-state index contributed by atoms with van der Waals surface area (Å²) in [5.41, 5.74) is 5.71. The number of thioether (sulfide) groups is 1. The smallest absolute Gasteiger partial charge is 0.275 e. The number of amides is 1. The van der Waals surface area contributed by atoms with E-state index in [1.165, 1.54) is 36.3 Å². The second kappa shape index (κ2) is 8.49. The Morgan fingerprint density at radius 1 is 1.48 bits per heavy atom. The van der Waals surface area contributed by atoms with Crippen LogP contribution in [0.1, 0.15) is 30.8 Å². The van der Waals surface area contributed by atoms with Gasteiger partial charge in [-0.05, 0) is 43.4 Å². The van der Waals surface area contributed by atoms with Crippen LogP contribution in [-0.4, -0.2) is 33.2 Å². The van der Waals surface area contributed by atoms with Gasteiger partial charge < -0.3 is 15.8 Å². The molecular weight excluding hydrogens is 393 g/mol. The Morgan fingerprint density at radius 2 is 2.28 bits per heavy atom. The standard InChI is InChI=1S/C20H20FN5O2S/c1-4-7-28-17-11-23-16(10-24-17)18(27)25-13-5-6-15(21)14(8-13)20(3)9-12(2)29-19(22)26-20/h1,5-6,9-11,14H,7-8H2,2-3H3,(H2,22,26)(H,25,27)/t14?,20-/m0/s1. The summed E-state index contributed by atoms with van der Waals surface area (Å²) < 4.78 is 19.7. The molecule has 7 nitrogen and oxygen atoms in total. The topological polar surface area (TPSA) is 102 Å². The van der Waals surface area contributed by atoms with Crippen molar-refractivity contribution in [2.45, 2.75) is 25.8 Å². The first kappa shape index (κ1) is 20.6. The van der Waals surface area contributed by atoms with Gasteiger partial charge >= 0.3 is 0 Å². The van der Waals surface area contributed by atoms with E-state index in [1.54, 1.807) is 0 Å². The third-order valence-corrected chi connectivity index (χ3v) is 5.20. The molecule has 1 aromatic heterocycles. The lowest BCUT2D eigenvalue weighted by Gasteiger charge is -2.35.